The molecule has 0 radical (unpaired) electrons. The van der Waals surface area contributed by atoms with Crippen molar-refractivity contribution in [1.29, 1.82) is 0 Å². The molecule has 5 heteroatoms. The molecule has 0 aliphatic carbocycles. The molecule has 1 saturated heterocycles. The van der Waals surface area contributed by atoms with Crippen LogP contribution in [0.15, 0.2) is 55.0 Å². The third kappa shape index (κ3) is 2.95. The Hall–Kier alpha value is -2.50. The molecule has 1 fully saturated rings. The number of aromatic amines is 1. The second-order valence-electron chi connectivity index (χ2n) is 8.65. The summed E-state index contributed by atoms with van der Waals surface area (Å²) >= 11 is 0. The lowest BCUT2D eigenvalue weighted by molar-refractivity contribution is -0.127. The molecule has 5 nitrogen and oxygen atoms in total. The van der Waals surface area contributed by atoms with Crippen molar-refractivity contribution in [2.24, 2.45) is 5.41 Å². The van der Waals surface area contributed by atoms with Gasteiger partial charge in [0.05, 0.1) is 5.69 Å². The molecule has 3 aromatic rings. The van der Waals surface area contributed by atoms with Crippen molar-refractivity contribution in [3.8, 4) is 11.3 Å². The van der Waals surface area contributed by atoms with Gasteiger partial charge in [-0.15, -0.1) is 0 Å². The third-order valence-corrected chi connectivity index (χ3v) is 6.07. The Kier molecular flexibility index (Phi) is 4.60. The number of nitrogens with zero attached hydrogens (tertiary/aromatic N) is 3. The van der Waals surface area contributed by atoms with E-state index in [1.54, 1.807) is 18.6 Å². The molecular formula is C23H28N4O. The van der Waals surface area contributed by atoms with Gasteiger partial charge in [-0.3, -0.25) is 10.1 Å². The minimum absolute atomic E-state index is 0.296. The van der Waals surface area contributed by atoms with E-state index in [4.69, 9.17) is 0 Å². The Bertz CT molecular complexity index is 943. The third-order valence-electron chi connectivity index (χ3n) is 6.07. The van der Waals surface area contributed by atoms with Crippen molar-refractivity contribution in [2.45, 2.75) is 32.3 Å². The summed E-state index contributed by atoms with van der Waals surface area (Å²) < 4.78 is 0. The van der Waals surface area contributed by atoms with E-state index in [-0.39, 0.29) is 5.41 Å². The number of likely N-dealkylation sites (tertiary alicyclic amines) is 1. The second kappa shape index (κ2) is 6.83. The first-order chi connectivity index (χ1) is 13.3. The number of pyridine rings is 1. The summed E-state index contributed by atoms with van der Waals surface area (Å²) in [6.07, 6.45) is 5.31. The molecule has 28 heavy (non-hydrogen) atoms. The fourth-order valence-corrected chi connectivity index (χ4v) is 4.55. The molecule has 1 atom stereocenters. The molecule has 1 aromatic carbocycles. The summed E-state index contributed by atoms with van der Waals surface area (Å²) in [6, 6.07) is 12.3. The molecule has 0 saturated carbocycles. The monoisotopic (exact) mass is 376 g/mol. The number of nitrogens with one attached hydrogen (secondary N) is 1. The number of hydrogen-bond acceptors (Lipinski definition) is 4. The topological polar surface area (TPSA) is 65.0 Å². The number of H-pyrrole nitrogens is 1. The summed E-state index contributed by atoms with van der Waals surface area (Å²) in [4.78, 5) is 6.68. The lowest BCUT2D eigenvalue weighted by atomic mass is 9.62. The first kappa shape index (κ1) is 18.8. The highest BCUT2D eigenvalue weighted by atomic mass is 16.3. The van der Waals surface area contributed by atoms with Crippen LogP contribution in [-0.4, -0.2) is 45.3 Å². The normalized spacial score (nSPS) is 18.6. The summed E-state index contributed by atoms with van der Waals surface area (Å²) in [7, 11) is 2.09. The van der Waals surface area contributed by atoms with Crippen LogP contribution in [0.4, 0.5) is 0 Å². The Morgan fingerprint density at radius 2 is 1.82 bits per heavy atom. The van der Waals surface area contributed by atoms with Crippen molar-refractivity contribution in [1.82, 2.24) is 20.1 Å². The van der Waals surface area contributed by atoms with E-state index in [0.717, 1.165) is 35.5 Å². The minimum atomic E-state index is -1.13. The van der Waals surface area contributed by atoms with Crippen LogP contribution in [0.2, 0.25) is 0 Å². The summed E-state index contributed by atoms with van der Waals surface area (Å²) in [5.41, 5.74) is 3.38. The largest absolute Gasteiger partial charge is 0.380 e. The molecular weight excluding hydrogens is 348 g/mol. The van der Waals surface area contributed by atoms with Crippen LogP contribution < -0.4 is 0 Å². The molecule has 0 spiro atoms. The van der Waals surface area contributed by atoms with Crippen LogP contribution >= 0.6 is 0 Å². The molecule has 0 amide bonds. The number of aliphatic hydroxyl groups is 1. The van der Waals surface area contributed by atoms with Gasteiger partial charge in [0.1, 0.15) is 5.60 Å². The van der Waals surface area contributed by atoms with Crippen molar-refractivity contribution in [3.05, 3.63) is 71.7 Å². The standard InChI is InChI=1S/C23H28N4O/c1-16(2)17-5-7-19(8-6-17)23(28,22(3)14-27(4)15-22)20-11-18(12-24-13-20)21-9-10-25-26-21/h5-13,16,28H,14-15H2,1-4H3,(H,25,26)/t23-/m0/s1. The zero-order valence-corrected chi connectivity index (χ0v) is 17.0. The van der Waals surface area contributed by atoms with E-state index in [9.17, 15) is 5.11 Å². The maximum atomic E-state index is 12.2. The summed E-state index contributed by atoms with van der Waals surface area (Å²) in [5.74, 6) is 0.456. The molecule has 1 aliphatic rings. The van der Waals surface area contributed by atoms with E-state index in [1.807, 2.05) is 12.1 Å². The number of hydrogen-bond donors (Lipinski definition) is 2. The SMILES string of the molecule is CC(C)c1ccc([C@](O)(c2cncc(-c3ccn[nH]3)c2)C2(C)CN(C)C2)cc1. The van der Waals surface area contributed by atoms with Crippen molar-refractivity contribution >= 4 is 0 Å². The second-order valence-corrected chi connectivity index (χ2v) is 8.65. The maximum Gasteiger partial charge on any atom is 0.124 e. The predicted octanol–water partition coefficient (Wildman–Crippen LogP) is 3.78. The first-order valence-corrected chi connectivity index (χ1v) is 9.80. The molecule has 2 aromatic heterocycles. The van der Waals surface area contributed by atoms with Gasteiger partial charge >= 0.3 is 0 Å². The Labute approximate surface area is 166 Å². The van der Waals surface area contributed by atoms with Gasteiger partial charge in [-0.2, -0.15) is 5.10 Å². The van der Waals surface area contributed by atoms with Gasteiger partial charge in [0.15, 0.2) is 0 Å². The Morgan fingerprint density at radius 1 is 1.11 bits per heavy atom. The van der Waals surface area contributed by atoms with Crippen LogP contribution in [0.5, 0.6) is 0 Å². The average molecular weight is 377 g/mol. The molecule has 146 valence electrons. The van der Waals surface area contributed by atoms with Gasteiger partial charge in [0.25, 0.3) is 0 Å². The molecule has 3 heterocycles. The Morgan fingerprint density at radius 3 is 2.39 bits per heavy atom. The predicted molar refractivity (Wildman–Crippen MR) is 111 cm³/mol. The van der Waals surface area contributed by atoms with Gasteiger partial charge in [0.2, 0.25) is 0 Å². The van der Waals surface area contributed by atoms with Crippen LogP contribution in [0, 0.1) is 5.41 Å². The number of benzene rings is 1. The number of aromatic nitrogens is 3. The van der Waals surface area contributed by atoms with Crippen LogP contribution in [-0.2, 0) is 5.60 Å². The van der Waals surface area contributed by atoms with E-state index in [2.05, 4.69) is 72.2 Å². The van der Waals surface area contributed by atoms with Crippen LogP contribution in [0.3, 0.4) is 0 Å². The lowest BCUT2D eigenvalue weighted by Gasteiger charge is -2.55. The van der Waals surface area contributed by atoms with Crippen LogP contribution in [0.1, 0.15) is 43.4 Å². The van der Waals surface area contributed by atoms with Gasteiger partial charge in [-0.25, -0.2) is 0 Å². The minimum Gasteiger partial charge on any atom is -0.380 e. The van der Waals surface area contributed by atoms with E-state index in [0.29, 0.717) is 5.92 Å². The lowest BCUT2D eigenvalue weighted by Crippen LogP contribution is -2.63. The smallest absolute Gasteiger partial charge is 0.124 e. The fraction of sp³-hybridized carbons (Fsp3) is 0.391. The van der Waals surface area contributed by atoms with Gasteiger partial charge in [0, 0.05) is 48.2 Å². The zero-order chi connectivity index (χ0) is 19.9. The quantitative estimate of drug-likeness (QED) is 0.711. The molecule has 0 bridgehead atoms. The molecule has 0 unspecified atom stereocenters. The molecule has 2 N–H and O–H groups in total. The highest BCUT2D eigenvalue weighted by molar-refractivity contribution is 5.59. The van der Waals surface area contributed by atoms with Gasteiger partial charge < -0.3 is 10.0 Å². The van der Waals surface area contributed by atoms with Crippen molar-refractivity contribution in [2.75, 3.05) is 20.1 Å². The zero-order valence-electron chi connectivity index (χ0n) is 17.0. The van der Waals surface area contributed by atoms with Crippen molar-refractivity contribution in [3.63, 3.8) is 0 Å². The van der Waals surface area contributed by atoms with E-state index < -0.39 is 5.60 Å². The Balaban J connectivity index is 1.84. The molecule has 4 rings (SSSR count). The highest BCUT2D eigenvalue weighted by Gasteiger charge is 2.55. The summed E-state index contributed by atoms with van der Waals surface area (Å²) in [6.45, 7) is 8.17. The number of rotatable bonds is 5. The van der Waals surface area contributed by atoms with E-state index >= 15 is 0 Å². The fourth-order valence-electron chi connectivity index (χ4n) is 4.55. The highest BCUT2D eigenvalue weighted by Crippen LogP contribution is 2.50. The van der Waals surface area contributed by atoms with Gasteiger partial charge in [-0.05, 0) is 36.2 Å². The molecule has 1 aliphatic heterocycles. The van der Waals surface area contributed by atoms with E-state index in [1.165, 1.54) is 5.56 Å². The first-order valence-electron chi connectivity index (χ1n) is 9.80. The van der Waals surface area contributed by atoms with Crippen LogP contribution in [0.25, 0.3) is 11.3 Å². The van der Waals surface area contributed by atoms with Gasteiger partial charge in [-0.1, -0.05) is 45.0 Å². The average Bonchev–Trinajstić information content (AvgIpc) is 3.21. The summed E-state index contributed by atoms with van der Waals surface area (Å²) in [5, 5.41) is 19.2. The van der Waals surface area contributed by atoms with Crippen molar-refractivity contribution < 1.29 is 5.11 Å². The maximum absolute atomic E-state index is 12.2.